The van der Waals surface area contributed by atoms with Crippen LogP contribution in [0.3, 0.4) is 0 Å². The Hall–Kier alpha value is -3.17. The van der Waals surface area contributed by atoms with E-state index in [-0.39, 0.29) is 0 Å². The van der Waals surface area contributed by atoms with Gasteiger partial charge in [0.1, 0.15) is 5.82 Å². The zero-order valence-electron chi connectivity index (χ0n) is 15.4. The monoisotopic (exact) mass is 387 g/mol. The summed E-state index contributed by atoms with van der Waals surface area (Å²) < 4.78 is 0. The number of nitrogens with zero attached hydrogens (tertiary/aromatic N) is 3. The number of nitriles is 1. The fourth-order valence-electron chi connectivity index (χ4n) is 3.61. The van der Waals surface area contributed by atoms with Gasteiger partial charge in [0.05, 0.1) is 11.6 Å². The summed E-state index contributed by atoms with van der Waals surface area (Å²) in [5.74, 6) is 1.06. The van der Waals surface area contributed by atoms with E-state index in [4.69, 9.17) is 17.5 Å². The summed E-state index contributed by atoms with van der Waals surface area (Å²) in [5.41, 5.74) is 1.44. The van der Waals surface area contributed by atoms with Crippen molar-refractivity contribution >= 4 is 39.6 Å². The fraction of sp³-hybridized carbons (Fsp3) is 0.227. The van der Waals surface area contributed by atoms with E-state index < -0.39 is 0 Å². The molecule has 2 N–H and O–H groups in total. The Balaban J connectivity index is 1.35. The van der Waals surface area contributed by atoms with Crippen LogP contribution in [0.4, 0.5) is 11.5 Å². The molecule has 1 aliphatic heterocycles. The third kappa shape index (κ3) is 4.05. The molecule has 0 spiro atoms. The van der Waals surface area contributed by atoms with Gasteiger partial charge < -0.3 is 15.5 Å². The normalized spacial score (nSPS) is 14.5. The average Bonchev–Trinajstić information content (AvgIpc) is 2.74. The smallest absolute Gasteiger partial charge is 0.170 e. The average molecular weight is 388 g/mol. The van der Waals surface area contributed by atoms with Crippen LogP contribution < -0.4 is 15.5 Å². The number of hydrogen-bond acceptors (Lipinski definition) is 4. The molecule has 140 valence electrons. The Morgan fingerprint density at radius 1 is 1.11 bits per heavy atom. The maximum atomic E-state index is 9.01. The molecule has 0 atom stereocenters. The molecule has 1 aromatic heterocycles. The van der Waals surface area contributed by atoms with Gasteiger partial charge in [-0.1, -0.05) is 30.3 Å². The molecule has 0 bridgehead atoms. The van der Waals surface area contributed by atoms with E-state index in [2.05, 4.69) is 56.9 Å². The largest absolute Gasteiger partial charge is 0.360 e. The SMILES string of the molecule is N#Cc1cccc(NC(=S)NC2CCN(c3nccc4ccccc34)CC2)c1. The Labute approximate surface area is 170 Å². The van der Waals surface area contributed by atoms with Crippen molar-refractivity contribution in [2.24, 2.45) is 0 Å². The number of anilines is 2. The molecule has 6 heteroatoms. The maximum absolute atomic E-state index is 9.01. The van der Waals surface area contributed by atoms with Crippen LogP contribution in [-0.2, 0) is 0 Å². The predicted molar refractivity (Wildman–Crippen MR) is 117 cm³/mol. The van der Waals surface area contributed by atoms with Gasteiger partial charge in [-0.15, -0.1) is 0 Å². The lowest BCUT2D eigenvalue weighted by Crippen LogP contribution is -2.46. The number of aromatic nitrogens is 1. The van der Waals surface area contributed by atoms with E-state index in [0.717, 1.165) is 37.4 Å². The molecule has 2 aromatic carbocycles. The van der Waals surface area contributed by atoms with E-state index in [9.17, 15) is 0 Å². The Morgan fingerprint density at radius 3 is 2.75 bits per heavy atom. The molecule has 2 heterocycles. The molecule has 0 aliphatic carbocycles. The lowest BCUT2D eigenvalue weighted by Gasteiger charge is -2.34. The molecule has 28 heavy (non-hydrogen) atoms. The second-order valence-electron chi connectivity index (χ2n) is 6.91. The molecule has 4 rings (SSSR count). The molecule has 1 aliphatic rings. The van der Waals surface area contributed by atoms with Gasteiger partial charge in [0.25, 0.3) is 0 Å². The predicted octanol–water partition coefficient (Wildman–Crippen LogP) is 4.06. The van der Waals surface area contributed by atoms with Crippen LogP contribution in [0.5, 0.6) is 0 Å². The van der Waals surface area contributed by atoms with Gasteiger partial charge in [-0.25, -0.2) is 4.98 Å². The van der Waals surface area contributed by atoms with Crippen molar-refractivity contribution in [3.8, 4) is 6.07 Å². The maximum Gasteiger partial charge on any atom is 0.170 e. The summed E-state index contributed by atoms with van der Waals surface area (Å²) in [6, 6.07) is 20.2. The number of pyridine rings is 1. The minimum Gasteiger partial charge on any atom is -0.360 e. The summed E-state index contributed by atoms with van der Waals surface area (Å²) in [4.78, 5) is 6.98. The summed E-state index contributed by atoms with van der Waals surface area (Å²) in [6.07, 6.45) is 3.87. The van der Waals surface area contributed by atoms with Crippen LogP contribution in [-0.4, -0.2) is 29.2 Å². The van der Waals surface area contributed by atoms with Crippen LogP contribution in [0.2, 0.25) is 0 Å². The fourth-order valence-corrected chi connectivity index (χ4v) is 3.89. The van der Waals surface area contributed by atoms with Gasteiger partial charge in [0.15, 0.2) is 5.11 Å². The Kier molecular flexibility index (Phi) is 5.36. The molecular weight excluding hydrogens is 366 g/mol. The number of piperidine rings is 1. The van der Waals surface area contributed by atoms with Gasteiger partial charge in [0.2, 0.25) is 0 Å². The first-order chi connectivity index (χ1) is 13.7. The van der Waals surface area contributed by atoms with Crippen molar-refractivity contribution in [3.63, 3.8) is 0 Å². The molecule has 1 fully saturated rings. The first-order valence-electron chi connectivity index (χ1n) is 9.39. The number of thiocarbonyl (C=S) groups is 1. The molecule has 3 aromatic rings. The molecule has 5 nitrogen and oxygen atoms in total. The summed E-state index contributed by atoms with van der Waals surface area (Å²) >= 11 is 5.45. The van der Waals surface area contributed by atoms with Gasteiger partial charge in [-0.2, -0.15) is 5.26 Å². The second kappa shape index (κ2) is 8.24. The molecular formula is C22H21N5S. The highest BCUT2D eigenvalue weighted by Crippen LogP contribution is 2.26. The Bertz CT molecular complexity index is 1030. The van der Waals surface area contributed by atoms with Gasteiger partial charge >= 0.3 is 0 Å². The topological polar surface area (TPSA) is 64.0 Å². The number of rotatable bonds is 3. The van der Waals surface area contributed by atoms with Crippen molar-refractivity contribution in [2.75, 3.05) is 23.3 Å². The van der Waals surface area contributed by atoms with Crippen LogP contribution in [0.25, 0.3) is 10.8 Å². The quantitative estimate of drug-likeness (QED) is 0.661. The highest BCUT2D eigenvalue weighted by Gasteiger charge is 2.21. The molecule has 0 radical (unpaired) electrons. The van der Waals surface area contributed by atoms with E-state index in [1.807, 2.05) is 18.3 Å². The van der Waals surface area contributed by atoms with E-state index in [0.29, 0.717) is 16.7 Å². The zero-order valence-corrected chi connectivity index (χ0v) is 16.2. The minimum absolute atomic E-state index is 0.324. The van der Waals surface area contributed by atoms with E-state index >= 15 is 0 Å². The Morgan fingerprint density at radius 2 is 1.93 bits per heavy atom. The van der Waals surface area contributed by atoms with Crippen molar-refractivity contribution in [2.45, 2.75) is 18.9 Å². The summed E-state index contributed by atoms with van der Waals surface area (Å²) in [6.45, 7) is 1.87. The summed E-state index contributed by atoms with van der Waals surface area (Å²) in [7, 11) is 0. The lowest BCUT2D eigenvalue weighted by atomic mass is 10.0. The molecule has 0 unspecified atom stereocenters. The third-order valence-corrected chi connectivity index (χ3v) is 5.25. The molecule has 1 saturated heterocycles. The van der Waals surface area contributed by atoms with E-state index in [1.54, 1.807) is 12.1 Å². The highest BCUT2D eigenvalue weighted by atomic mass is 32.1. The van der Waals surface area contributed by atoms with Crippen LogP contribution in [0.15, 0.2) is 60.8 Å². The first kappa shape index (κ1) is 18.2. The van der Waals surface area contributed by atoms with Crippen molar-refractivity contribution in [1.29, 1.82) is 5.26 Å². The van der Waals surface area contributed by atoms with Gasteiger partial charge in [-0.05, 0) is 54.7 Å². The standard InChI is InChI=1S/C22H21N5S/c23-15-16-4-3-6-19(14-16)26-22(28)25-18-9-12-27(13-10-18)21-20-7-2-1-5-17(20)8-11-24-21/h1-8,11,14,18H,9-10,12-13H2,(H2,25,26,28). The van der Waals surface area contributed by atoms with Crippen molar-refractivity contribution < 1.29 is 0 Å². The third-order valence-electron chi connectivity index (χ3n) is 5.03. The van der Waals surface area contributed by atoms with Crippen molar-refractivity contribution in [3.05, 3.63) is 66.4 Å². The molecule has 0 saturated carbocycles. The van der Waals surface area contributed by atoms with Gasteiger partial charge in [0, 0.05) is 36.4 Å². The van der Waals surface area contributed by atoms with E-state index in [1.165, 1.54) is 10.8 Å². The highest BCUT2D eigenvalue weighted by molar-refractivity contribution is 7.80. The van der Waals surface area contributed by atoms with Crippen molar-refractivity contribution in [1.82, 2.24) is 10.3 Å². The summed E-state index contributed by atoms with van der Waals surface area (Å²) in [5, 5.41) is 18.6. The number of benzene rings is 2. The van der Waals surface area contributed by atoms with Crippen LogP contribution >= 0.6 is 12.2 Å². The molecule has 0 amide bonds. The number of hydrogen-bond donors (Lipinski definition) is 2. The van der Waals surface area contributed by atoms with Crippen LogP contribution in [0, 0.1) is 11.3 Å². The number of fused-ring (bicyclic) bond motifs is 1. The second-order valence-corrected chi connectivity index (χ2v) is 7.32. The van der Waals surface area contributed by atoms with Crippen LogP contribution in [0.1, 0.15) is 18.4 Å². The lowest BCUT2D eigenvalue weighted by molar-refractivity contribution is 0.467. The first-order valence-corrected chi connectivity index (χ1v) is 9.80. The minimum atomic E-state index is 0.324. The number of nitrogens with one attached hydrogen (secondary N) is 2. The van der Waals surface area contributed by atoms with Gasteiger partial charge in [-0.3, -0.25) is 0 Å². The zero-order chi connectivity index (χ0) is 19.3.